The van der Waals surface area contributed by atoms with Gasteiger partial charge in [-0.25, -0.2) is 0 Å². The number of piperidine rings is 1. The zero-order valence-electron chi connectivity index (χ0n) is 11.0. The maximum Gasteiger partial charge on any atom is 0.134 e. The van der Waals surface area contributed by atoms with Crippen molar-refractivity contribution in [2.45, 2.75) is 18.3 Å². The minimum absolute atomic E-state index is 0.167. The van der Waals surface area contributed by atoms with E-state index in [9.17, 15) is 0 Å². The van der Waals surface area contributed by atoms with Crippen molar-refractivity contribution < 1.29 is 9.15 Å². The van der Waals surface area contributed by atoms with E-state index < -0.39 is 0 Å². The summed E-state index contributed by atoms with van der Waals surface area (Å²) in [7, 11) is 0. The number of rotatable bonds is 2. The van der Waals surface area contributed by atoms with E-state index in [-0.39, 0.29) is 5.41 Å². The Bertz CT molecular complexity index is 579. The summed E-state index contributed by atoms with van der Waals surface area (Å²) in [6.45, 7) is 3.92. The fourth-order valence-corrected chi connectivity index (χ4v) is 3.62. The highest BCUT2D eigenvalue weighted by molar-refractivity contribution is 5.82. The Morgan fingerprint density at radius 1 is 1.21 bits per heavy atom. The summed E-state index contributed by atoms with van der Waals surface area (Å²) >= 11 is 0. The van der Waals surface area contributed by atoms with Gasteiger partial charge in [-0.1, -0.05) is 18.2 Å². The quantitative estimate of drug-likeness (QED) is 0.898. The molecule has 0 saturated carbocycles. The molecule has 2 aliphatic rings. The molecule has 0 radical (unpaired) electrons. The summed E-state index contributed by atoms with van der Waals surface area (Å²) < 4.78 is 11.3. The minimum atomic E-state index is 0.167. The third-order valence-corrected chi connectivity index (χ3v) is 4.81. The monoisotopic (exact) mass is 257 g/mol. The molecule has 3 nitrogen and oxygen atoms in total. The number of para-hydroxylation sites is 1. The topological polar surface area (TPSA) is 34.4 Å². The molecule has 1 aromatic heterocycles. The van der Waals surface area contributed by atoms with Crippen LogP contribution >= 0.6 is 0 Å². The molecule has 2 saturated heterocycles. The maximum absolute atomic E-state index is 5.75. The van der Waals surface area contributed by atoms with Crippen molar-refractivity contribution in [2.24, 2.45) is 5.92 Å². The molecule has 4 rings (SSSR count). The fourth-order valence-electron chi connectivity index (χ4n) is 3.62. The van der Waals surface area contributed by atoms with Gasteiger partial charge in [-0.05, 0) is 37.9 Å². The molecule has 1 N–H and O–H groups in total. The lowest BCUT2D eigenvalue weighted by Crippen LogP contribution is -2.56. The van der Waals surface area contributed by atoms with Crippen molar-refractivity contribution in [3.05, 3.63) is 36.1 Å². The number of nitrogens with one attached hydrogen (secondary N) is 1. The maximum atomic E-state index is 5.75. The van der Waals surface area contributed by atoms with Gasteiger partial charge in [-0.2, -0.15) is 0 Å². The molecular weight excluding hydrogens is 238 g/mol. The van der Waals surface area contributed by atoms with Crippen LogP contribution in [-0.2, 0) is 10.2 Å². The highest BCUT2D eigenvalue weighted by Gasteiger charge is 2.48. The van der Waals surface area contributed by atoms with Crippen LogP contribution in [0.2, 0.25) is 0 Å². The summed E-state index contributed by atoms with van der Waals surface area (Å²) in [4.78, 5) is 0. The van der Waals surface area contributed by atoms with Gasteiger partial charge in [-0.3, -0.25) is 0 Å². The highest BCUT2D eigenvalue weighted by Crippen LogP contribution is 2.45. The summed E-state index contributed by atoms with van der Waals surface area (Å²) in [5, 5.41) is 4.79. The predicted molar refractivity (Wildman–Crippen MR) is 74.3 cm³/mol. The van der Waals surface area contributed by atoms with Crippen molar-refractivity contribution in [2.75, 3.05) is 26.3 Å². The van der Waals surface area contributed by atoms with Crippen LogP contribution in [0.5, 0.6) is 0 Å². The SMILES string of the molecule is c1ccc2c(C3(C4CCCNC4)COC3)coc2c1. The zero-order chi connectivity index (χ0) is 12.7. The molecule has 2 aliphatic heterocycles. The van der Waals surface area contributed by atoms with E-state index >= 15 is 0 Å². The second-order valence-corrected chi connectivity index (χ2v) is 5.84. The average molecular weight is 257 g/mol. The second kappa shape index (κ2) is 4.36. The molecule has 3 heteroatoms. The first kappa shape index (κ1) is 11.5. The molecule has 2 aromatic rings. The van der Waals surface area contributed by atoms with Crippen molar-refractivity contribution >= 4 is 11.0 Å². The van der Waals surface area contributed by atoms with E-state index in [0.717, 1.165) is 31.9 Å². The van der Waals surface area contributed by atoms with Crippen molar-refractivity contribution in [1.29, 1.82) is 0 Å². The van der Waals surface area contributed by atoms with Gasteiger partial charge in [0.05, 0.1) is 19.5 Å². The number of hydrogen-bond acceptors (Lipinski definition) is 3. The first-order valence-corrected chi connectivity index (χ1v) is 7.15. The van der Waals surface area contributed by atoms with E-state index in [1.807, 2.05) is 18.4 Å². The lowest BCUT2D eigenvalue weighted by atomic mass is 9.66. The standard InChI is InChI=1S/C16H19NO2/c1-2-6-15-13(5-1)14(9-19-15)16(10-18-11-16)12-4-3-7-17-8-12/h1-2,5-6,9,12,17H,3-4,7-8,10-11H2. The van der Waals surface area contributed by atoms with Crippen LogP contribution < -0.4 is 5.32 Å². The first-order valence-electron chi connectivity index (χ1n) is 7.15. The van der Waals surface area contributed by atoms with E-state index in [2.05, 4.69) is 17.4 Å². The molecule has 0 bridgehead atoms. The molecule has 2 fully saturated rings. The molecule has 3 heterocycles. The van der Waals surface area contributed by atoms with Crippen LogP contribution in [-0.4, -0.2) is 26.3 Å². The van der Waals surface area contributed by atoms with Crippen molar-refractivity contribution in [3.8, 4) is 0 Å². The Labute approximate surface area is 112 Å². The van der Waals surface area contributed by atoms with E-state index in [4.69, 9.17) is 9.15 Å². The molecule has 1 unspecified atom stereocenters. The Balaban J connectivity index is 1.79. The van der Waals surface area contributed by atoms with Crippen LogP contribution in [0.4, 0.5) is 0 Å². The molecule has 19 heavy (non-hydrogen) atoms. The van der Waals surface area contributed by atoms with Crippen LogP contribution in [0, 0.1) is 5.92 Å². The number of hydrogen-bond donors (Lipinski definition) is 1. The molecular formula is C16H19NO2. The van der Waals surface area contributed by atoms with Crippen LogP contribution in [0.3, 0.4) is 0 Å². The van der Waals surface area contributed by atoms with E-state index in [0.29, 0.717) is 5.92 Å². The lowest BCUT2D eigenvalue weighted by molar-refractivity contribution is -0.0943. The van der Waals surface area contributed by atoms with Gasteiger partial charge in [0.1, 0.15) is 5.58 Å². The number of furan rings is 1. The molecule has 0 amide bonds. The number of benzene rings is 1. The van der Waals surface area contributed by atoms with Crippen molar-refractivity contribution in [3.63, 3.8) is 0 Å². The van der Waals surface area contributed by atoms with Gasteiger partial charge in [0.25, 0.3) is 0 Å². The molecule has 100 valence electrons. The zero-order valence-corrected chi connectivity index (χ0v) is 11.0. The smallest absolute Gasteiger partial charge is 0.134 e. The summed E-state index contributed by atoms with van der Waals surface area (Å²) in [5.74, 6) is 0.663. The predicted octanol–water partition coefficient (Wildman–Crippen LogP) is 2.70. The third-order valence-electron chi connectivity index (χ3n) is 4.81. The van der Waals surface area contributed by atoms with Crippen molar-refractivity contribution in [1.82, 2.24) is 5.32 Å². The Morgan fingerprint density at radius 3 is 2.84 bits per heavy atom. The average Bonchev–Trinajstić information content (AvgIpc) is 2.84. The van der Waals surface area contributed by atoms with Crippen LogP contribution in [0.15, 0.2) is 34.9 Å². The first-order chi connectivity index (χ1) is 9.40. The molecule has 0 spiro atoms. The summed E-state index contributed by atoms with van der Waals surface area (Å²) in [6.07, 6.45) is 4.51. The minimum Gasteiger partial charge on any atom is -0.464 e. The van der Waals surface area contributed by atoms with Gasteiger partial charge in [0.15, 0.2) is 0 Å². The highest BCUT2D eigenvalue weighted by atomic mass is 16.5. The van der Waals surface area contributed by atoms with Gasteiger partial charge in [0.2, 0.25) is 0 Å². The fraction of sp³-hybridized carbons (Fsp3) is 0.500. The van der Waals surface area contributed by atoms with Crippen LogP contribution in [0.1, 0.15) is 18.4 Å². The second-order valence-electron chi connectivity index (χ2n) is 5.84. The Hall–Kier alpha value is -1.32. The van der Waals surface area contributed by atoms with Gasteiger partial charge in [0, 0.05) is 16.4 Å². The number of fused-ring (bicyclic) bond motifs is 1. The normalized spacial score (nSPS) is 26.2. The third kappa shape index (κ3) is 1.65. The summed E-state index contributed by atoms with van der Waals surface area (Å²) in [5.41, 5.74) is 2.51. The Morgan fingerprint density at radius 2 is 2.11 bits per heavy atom. The van der Waals surface area contributed by atoms with Gasteiger partial charge < -0.3 is 14.5 Å². The largest absolute Gasteiger partial charge is 0.464 e. The Kier molecular flexibility index (Phi) is 2.64. The molecule has 0 aliphatic carbocycles. The number of ether oxygens (including phenoxy) is 1. The molecule has 1 atom stereocenters. The van der Waals surface area contributed by atoms with E-state index in [1.165, 1.54) is 23.8 Å². The molecule has 1 aromatic carbocycles. The van der Waals surface area contributed by atoms with Gasteiger partial charge in [-0.15, -0.1) is 0 Å². The van der Waals surface area contributed by atoms with Crippen LogP contribution in [0.25, 0.3) is 11.0 Å². The van der Waals surface area contributed by atoms with E-state index in [1.54, 1.807) is 0 Å². The lowest BCUT2D eigenvalue weighted by Gasteiger charge is -2.48. The van der Waals surface area contributed by atoms with Gasteiger partial charge >= 0.3 is 0 Å². The summed E-state index contributed by atoms with van der Waals surface area (Å²) in [6, 6.07) is 8.34.